The van der Waals surface area contributed by atoms with Gasteiger partial charge in [0.15, 0.2) is 6.21 Å². The Labute approximate surface area is 373 Å². The number of nitrogens with one attached hydrogen (secondary N) is 3. The van der Waals surface area contributed by atoms with Crippen molar-refractivity contribution in [3.63, 3.8) is 0 Å². The first-order valence-corrected chi connectivity index (χ1v) is 22.2. The normalized spacial score (nSPS) is 23.7. The maximum atomic E-state index is 13.4. The number of hydrogen-bond acceptors (Lipinski definition) is 11. The van der Waals surface area contributed by atoms with E-state index in [0.29, 0.717) is 40.7 Å². The molecule has 1 atom stereocenters. The van der Waals surface area contributed by atoms with E-state index in [4.69, 9.17) is 9.84 Å². The highest BCUT2D eigenvalue weighted by atomic mass is 19.4. The van der Waals surface area contributed by atoms with Gasteiger partial charge in [-0.1, -0.05) is 16.8 Å². The van der Waals surface area contributed by atoms with Crippen LogP contribution in [0.5, 0.6) is 0 Å². The molecule has 3 fully saturated rings. The standard InChI is InChI=1S/C47H53F3N8O7/c1-46(2,64)34-23-36-29(19-37(34)53-41(60)22-30-7-4-10-39(52-30)47(48,49)50)26-57(55-36)25-28-13-11-27(12-14-28)24-56(3)17-6-18-65-32-20-31(21-32)51-35-9-5-8-33-42(35)45(63)58(44(33)62)38-15-16-40(59)54-43(38)61/h4-5,7-10,19,23,25-28,31-32,38,64H,6,11-18,20-22,24H2,1-3H3,(H2-,51,53,54,59,60,61,63)/p+1/b57-25-. The summed E-state index contributed by atoms with van der Waals surface area (Å²) in [4.78, 5) is 70.6. The van der Waals surface area contributed by atoms with Gasteiger partial charge in [0.2, 0.25) is 23.9 Å². The predicted molar refractivity (Wildman–Crippen MR) is 232 cm³/mol. The first-order valence-electron chi connectivity index (χ1n) is 22.2. The van der Waals surface area contributed by atoms with E-state index in [1.807, 2.05) is 6.20 Å². The van der Waals surface area contributed by atoms with Crippen LogP contribution >= 0.6 is 0 Å². The molecule has 2 aromatic carbocycles. The van der Waals surface area contributed by atoms with Crippen molar-refractivity contribution in [2.45, 2.75) is 108 Å². The van der Waals surface area contributed by atoms with Gasteiger partial charge in [0, 0.05) is 60.1 Å². The second-order valence-corrected chi connectivity index (χ2v) is 18.4. The molecule has 4 heterocycles. The summed E-state index contributed by atoms with van der Waals surface area (Å²) in [7, 11) is 2.14. The summed E-state index contributed by atoms with van der Waals surface area (Å²) < 4.78 is 47.5. The van der Waals surface area contributed by atoms with Gasteiger partial charge in [0.25, 0.3) is 11.8 Å². The van der Waals surface area contributed by atoms with Gasteiger partial charge >= 0.3 is 6.18 Å². The van der Waals surface area contributed by atoms with Crippen molar-refractivity contribution in [1.29, 1.82) is 0 Å². The van der Waals surface area contributed by atoms with E-state index in [1.165, 1.54) is 12.1 Å². The molecule has 5 amide bonds. The summed E-state index contributed by atoms with van der Waals surface area (Å²) in [5, 5.41) is 25.5. The second-order valence-electron chi connectivity index (χ2n) is 18.4. The number of fused-ring (bicyclic) bond motifs is 2. The van der Waals surface area contributed by atoms with Gasteiger partial charge in [-0.2, -0.15) is 13.2 Å². The first kappa shape index (κ1) is 45.7. The van der Waals surface area contributed by atoms with Crippen molar-refractivity contribution in [2.24, 2.45) is 16.9 Å². The molecule has 15 nitrogen and oxygen atoms in total. The Bertz CT molecular complexity index is 2540. The smallest absolute Gasteiger partial charge is 0.386 e. The molecular formula is C47H54F3N8O7+. The zero-order valence-corrected chi connectivity index (χ0v) is 36.6. The lowest BCUT2D eigenvalue weighted by atomic mass is 9.82. The number of nitrogens with zero attached hydrogens (tertiary/aromatic N) is 5. The topological polar surface area (TPSA) is 186 Å². The molecule has 8 rings (SSSR count). The fourth-order valence-electron chi connectivity index (χ4n) is 9.40. The average Bonchev–Trinajstić information content (AvgIpc) is 3.74. The van der Waals surface area contributed by atoms with Crippen LogP contribution in [0.25, 0.3) is 6.20 Å². The molecule has 5 aliphatic rings. The van der Waals surface area contributed by atoms with Gasteiger partial charge in [-0.3, -0.25) is 34.2 Å². The Kier molecular flexibility index (Phi) is 13.1. The van der Waals surface area contributed by atoms with Crippen LogP contribution in [0.2, 0.25) is 0 Å². The van der Waals surface area contributed by atoms with Crippen molar-refractivity contribution in [1.82, 2.24) is 20.1 Å². The summed E-state index contributed by atoms with van der Waals surface area (Å²) in [5.41, 5.74) is -0.597. The Morgan fingerprint density at radius 1 is 1.02 bits per heavy atom. The highest BCUT2D eigenvalue weighted by molar-refractivity contribution is 6.25. The number of rotatable bonds is 15. The Balaban J connectivity index is 0.755. The van der Waals surface area contributed by atoms with Crippen LogP contribution in [0.4, 0.5) is 24.5 Å². The molecule has 2 saturated carbocycles. The molecule has 3 aromatic rings. The van der Waals surface area contributed by atoms with Crippen molar-refractivity contribution in [3.05, 3.63) is 87.2 Å². The zero-order chi connectivity index (χ0) is 46.2. The van der Waals surface area contributed by atoms with Gasteiger partial charge in [0.05, 0.1) is 40.2 Å². The van der Waals surface area contributed by atoms with E-state index in [0.717, 1.165) is 74.2 Å². The second kappa shape index (κ2) is 18.6. The largest absolute Gasteiger partial charge is 0.433 e. The minimum absolute atomic E-state index is 0.0213. The monoisotopic (exact) mass is 899 g/mol. The molecular weight excluding hydrogens is 846 g/mol. The van der Waals surface area contributed by atoms with Crippen LogP contribution in [-0.4, -0.2) is 105 Å². The molecule has 344 valence electrons. The molecule has 2 aliphatic carbocycles. The lowest BCUT2D eigenvalue weighted by Gasteiger charge is -2.36. The number of imide groups is 2. The molecule has 0 radical (unpaired) electrons. The fourth-order valence-corrected chi connectivity index (χ4v) is 9.40. The number of aromatic nitrogens is 1. The third kappa shape index (κ3) is 10.5. The quantitative estimate of drug-likeness (QED) is 0.0986. The maximum absolute atomic E-state index is 13.4. The van der Waals surface area contributed by atoms with Crippen molar-refractivity contribution in [2.75, 3.05) is 37.4 Å². The number of anilines is 2. The average molecular weight is 900 g/mol. The summed E-state index contributed by atoms with van der Waals surface area (Å²) >= 11 is 0. The SMILES string of the molecule is CN(CCCOC1CC(Nc2cccc3c2C(=O)N(C2CCC(=O)NC2=O)C3=O)C1)CC1CCC(/C=[N+]2/C=c3cc(NC(=O)Cc4cccc(C(F)(F)F)n4)c(C(C)(C)O)cc3=N2)CC1. The molecule has 4 N–H and O–H groups in total. The molecule has 1 unspecified atom stereocenters. The highest BCUT2D eigenvalue weighted by Gasteiger charge is 2.46. The minimum Gasteiger partial charge on any atom is -0.386 e. The molecule has 1 saturated heterocycles. The van der Waals surface area contributed by atoms with Crippen molar-refractivity contribution >= 4 is 53.3 Å². The number of hydrogen-bond donors (Lipinski definition) is 4. The Hall–Kier alpha value is -5.85. The lowest BCUT2D eigenvalue weighted by Crippen LogP contribution is -2.54. The lowest BCUT2D eigenvalue weighted by molar-refractivity contribution is -0.424. The summed E-state index contributed by atoms with van der Waals surface area (Å²) in [6.45, 7) is 5.72. The van der Waals surface area contributed by atoms with Crippen LogP contribution in [-0.2, 0) is 37.3 Å². The summed E-state index contributed by atoms with van der Waals surface area (Å²) in [5.74, 6) is -1.77. The van der Waals surface area contributed by atoms with Crippen LogP contribution in [0.15, 0.2) is 53.6 Å². The van der Waals surface area contributed by atoms with Crippen LogP contribution in [0, 0.1) is 11.8 Å². The number of benzene rings is 2. The van der Waals surface area contributed by atoms with Crippen molar-refractivity contribution < 1.29 is 51.7 Å². The van der Waals surface area contributed by atoms with Gasteiger partial charge in [0.1, 0.15) is 17.1 Å². The van der Waals surface area contributed by atoms with Crippen LogP contribution in [0.1, 0.15) is 109 Å². The minimum atomic E-state index is -4.62. The number of amides is 5. The van der Waals surface area contributed by atoms with Crippen LogP contribution in [0.3, 0.4) is 0 Å². The number of piperidine rings is 1. The number of ether oxygens (including phenoxy) is 1. The van der Waals surface area contributed by atoms with E-state index < -0.39 is 53.0 Å². The van der Waals surface area contributed by atoms with Gasteiger partial charge in [-0.25, -0.2) is 4.98 Å². The third-order valence-corrected chi connectivity index (χ3v) is 12.8. The fraction of sp³-hybridized carbons (Fsp3) is 0.489. The zero-order valence-electron chi connectivity index (χ0n) is 36.6. The Morgan fingerprint density at radius 3 is 2.49 bits per heavy atom. The number of carbonyl (C=O) groups is 5. The predicted octanol–water partition coefficient (Wildman–Crippen LogP) is 4.07. The molecule has 18 heteroatoms. The Morgan fingerprint density at radius 2 is 1.77 bits per heavy atom. The van der Waals surface area contributed by atoms with Gasteiger partial charge < -0.3 is 25.4 Å². The third-order valence-electron chi connectivity index (χ3n) is 12.8. The highest BCUT2D eigenvalue weighted by Crippen LogP contribution is 2.36. The molecule has 1 aromatic heterocycles. The number of pyridine rings is 1. The van der Waals surface area contributed by atoms with E-state index in [-0.39, 0.29) is 48.2 Å². The van der Waals surface area contributed by atoms with Gasteiger partial charge in [-0.05, 0) is 115 Å². The van der Waals surface area contributed by atoms with E-state index >= 15 is 0 Å². The maximum Gasteiger partial charge on any atom is 0.433 e. The summed E-state index contributed by atoms with van der Waals surface area (Å²) in [6, 6.07) is 11.0. The van der Waals surface area contributed by atoms with Crippen molar-refractivity contribution in [3.8, 4) is 0 Å². The number of carbonyl (C=O) groups excluding carboxylic acids is 5. The molecule has 3 aliphatic heterocycles. The molecule has 65 heavy (non-hydrogen) atoms. The van der Waals surface area contributed by atoms with Crippen LogP contribution < -0.4 is 26.5 Å². The first-order chi connectivity index (χ1) is 30.9. The van der Waals surface area contributed by atoms with E-state index in [2.05, 4.69) is 39.1 Å². The number of alkyl halides is 3. The summed E-state index contributed by atoms with van der Waals surface area (Å²) in [6.07, 6.45) is 5.88. The van der Waals surface area contributed by atoms with E-state index in [9.17, 15) is 42.3 Å². The molecule has 0 spiro atoms. The van der Waals surface area contributed by atoms with Gasteiger partial charge in [-0.15, -0.1) is 0 Å². The van der Waals surface area contributed by atoms with E-state index in [1.54, 1.807) is 48.9 Å². The number of aliphatic hydroxyl groups is 1. The molecule has 0 bridgehead atoms. The number of halogens is 3.